The Morgan fingerprint density at radius 3 is 2.38 bits per heavy atom. The summed E-state index contributed by atoms with van der Waals surface area (Å²) in [6.07, 6.45) is 2.45. The maximum absolute atomic E-state index is 12.8. The molecule has 0 aliphatic carbocycles. The topological polar surface area (TPSA) is 50.8 Å². The zero-order valence-corrected chi connectivity index (χ0v) is 15.4. The summed E-state index contributed by atoms with van der Waals surface area (Å²) in [5.74, 6) is 1.05. The van der Waals surface area contributed by atoms with Crippen molar-refractivity contribution >= 4 is 5.91 Å². The lowest BCUT2D eigenvalue weighted by molar-refractivity contribution is 0.0927. The third-order valence-corrected chi connectivity index (χ3v) is 4.79. The molecular formula is C21H26N2O3. The number of carbonyl (C=O) groups is 1. The van der Waals surface area contributed by atoms with Gasteiger partial charge in [-0.2, -0.15) is 0 Å². The van der Waals surface area contributed by atoms with Gasteiger partial charge in [0, 0.05) is 12.1 Å². The van der Waals surface area contributed by atoms with Crippen LogP contribution in [0, 0.1) is 0 Å². The maximum atomic E-state index is 12.8. The molecule has 3 rings (SSSR count). The molecule has 0 radical (unpaired) electrons. The van der Waals surface area contributed by atoms with E-state index >= 15 is 0 Å². The van der Waals surface area contributed by atoms with Crippen molar-refractivity contribution in [3.63, 3.8) is 0 Å². The number of hydrogen-bond donors (Lipinski definition) is 1. The van der Waals surface area contributed by atoms with Gasteiger partial charge in [0.2, 0.25) is 0 Å². The first kappa shape index (κ1) is 18.3. The number of benzene rings is 2. The van der Waals surface area contributed by atoms with E-state index in [1.54, 1.807) is 32.4 Å². The van der Waals surface area contributed by atoms with Crippen molar-refractivity contribution in [1.82, 2.24) is 10.2 Å². The monoisotopic (exact) mass is 354 g/mol. The van der Waals surface area contributed by atoms with E-state index < -0.39 is 0 Å². The van der Waals surface area contributed by atoms with Gasteiger partial charge in [-0.1, -0.05) is 30.3 Å². The molecule has 0 bridgehead atoms. The lowest BCUT2D eigenvalue weighted by Gasteiger charge is -2.25. The normalized spacial score (nSPS) is 15.5. The smallest absolute Gasteiger partial charge is 0.251 e. The molecule has 1 heterocycles. The second-order valence-electron chi connectivity index (χ2n) is 6.51. The minimum atomic E-state index is -0.112. The average molecular weight is 354 g/mol. The Morgan fingerprint density at radius 1 is 1.04 bits per heavy atom. The molecule has 1 atom stereocenters. The Bertz CT molecular complexity index is 727. The van der Waals surface area contributed by atoms with Gasteiger partial charge in [0.1, 0.15) is 0 Å². The van der Waals surface area contributed by atoms with Crippen LogP contribution in [-0.4, -0.2) is 44.7 Å². The molecule has 0 aromatic heterocycles. The van der Waals surface area contributed by atoms with Gasteiger partial charge < -0.3 is 19.7 Å². The quantitative estimate of drug-likeness (QED) is 0.829. The van der Waals surface area contributed by atoms with Gasteiger partial charge in [0.05, 0.1) is 20.3 Å². The molecule has 1 amide bonds. The van der Waals surface area contributed by atoms with E-state index in [9.17, 15) is 4.79 Å². The summed E-state index contributed by atoms with van der Waals surface area (Å²) in [5, 5.41) is 3.19. The van der Waals surface area contributed by atoms with Crippen LogP contribution in [0.5, 0.6) is 11.5 Å². The van der Waals surface area contributed by atoms with E-state index in [0.29, 0.717) is 17.1 Å². The van der Waals surface area contributed by atoms with Gasteiger partial charge in [0.15, 0.2) is 11.5 Å². The first-order chi connectivity index (χ1) is 12.7. The van der Waals surface area contributed by atoms with Gasteiger partial charge in [-0.3, -0.25) is 4.79 Å². The van der Waals surface area contributed by atoms with E-state index in [-0.39, 0.29) is 11.9 Å². The van der Waals surface area contributed by atoms with E-state index in [1.807, 2.05) is 18.2 Å². The van der Waals surface area contributed by atoms with Crippen LogP contribution in [0.4, 0.5) is 0 Å². The summed E-state index contributed by atoms with van der Waals surface area (Å²) in [6, 6.07) is 15.3. The standard InChI is InChI=1S/C21H26N2O3/c1-25-19-11-10-17(14-20(19)26-2)21(24)22-18(15-23-12-6-7-13-23)16-8-4-3-5-9-16/h3-5,8-11,14,18H,6-7,12-13,15H2,1-2H3,(H,22,24). The van der Waals surface area contributed by atoms with Crippen LogP contribution in [0.2, 0.25) is 0 Å². The molecule has 1 N–H and O–H groups in total. The number of methoxy groups -OCH3 is 2. The summed E-state index contributed by atoms with van der Waals surface area (Å²) in [4.78, 5) is 15.3. The van der Waals surface area contributed by atoms with E-state index in [2.05, 4.69) is 22.3 Å². The number of amides is 1. The van der Waals surface area contributed by atoms with Crippen molar-refractivity contribution in [2.75, 3.05) is 33.9 Å². The fraction of sp³-hybridized carbons (Fsp3) is 0.381. The summed E-state index contributed by atoms with van der Waals surface area (Å²) >= 11 is 0. The molecule has 1 saturated heterocycles. The summed E-state index contributed by atoms with van der Waals surface area (Å²) in [5.41, 5.74) is 1.68. The molecule has 0 saturated carbocycles. The molecule has 1 aliphatic heterocycles. The van der Waals surface area contributed by atoms with Crippen LogP contribution in [0.3, 0.4) is 0 Å². The second-order valence-corrected chi connectivity index (χ2v) is 6.51. The highest BCUT2D eigenvalue weighted by molar-refractivity contribution is 5.95. The van der Waals surface area contributed by atoms with Crippen LogP contribution in [0.1, 0.15) is 34.8 Å². The number of likely N-dealkylation sites (tertiary alicyclic amines) is 1. The van der Waals surface area contributed by atoms with Crippen molar-refractivity contribution in [1.29, 1.82) is 0 Å². The van der Waals surface area contributed by atoms with Crippen molar-refractivity contribution in [2.24, 2.45) is 0 Å². The number of hydrogen-bond acceptors (Lipinski definition) is 4. The zero-order chi connectivity index (χ0) is 18.4. The van der Waals surface area contributed by atoms with Gasteiger partial charge in [0.25, 0.3) is 5.91 Å². The molecule has 5 nitrogen and oxygen atoms in total. The first-order valence-electron chi connectivity index (χ1n) is 9.01. The van der Waals surface area contributed by atoms with Crippen molar-refractivity contribution < 1.29 is 14.3 Å². The SMILES string of the molecule is COc1ccc(C(=O)NC(CN2CCCC2)c2ccccc2)cc1OC. The third kappa shape index (κ3) is 4.35. The van der Waals surface area contributed by atoms with Crippen LogP contribution in [-0.2, 0) is 0 Å². The largest absolute Gasteiger partial charge is 0.493 e. The van der Waals surface area contributed by atoms with E-state index in [4.69, 9.17) is 9.47 Å². The molecule has 1 aliphatic rings. The van der Waals surface area contributed by atoms with Gasteiger partial charge in [-0.25, -0.2) is 0 Å². The van der Waals surface area contributed by atoms with Gasteiger partial charge in [-0.05, 0) is 49.7 Å². The Morgan fingerprint density at radius 2 is 1.73 bits per heavy atom. The predicted molar refractivity (Wildman–Crippen MR) is 102 cm³/mol. The average Bonchev–Trinajstić information content (AvgIpc) is 3.20. The molecule has 26 heavy (non-hydrogen) atoms. The van der Waals surface area contributed by atoms with Crippen LogP contribution in [0.15, 0.2) is 48.5 Å². The summed E-state index contributed by atoms with van der Waals surface area (Å²) < 4.78 is 10.6. The molecule has 1 fully saturated rings. The molecule has 2 aromatic carbocycles. The predicted octanol–water partition coefficient (Wildman–Crippen LogP) is 3.27. The number of rotatable bonds is 7. The lowest BCUT2D eigenvalue weighted by atomic mass is 10.1. The fourth-order valence-corrected chi connectivity index (χ4v) is 3.36. The van der Waals surface area contributed by atoms with Gasteiger partial charge >= 0.3 is 0 Å². The Balaban J connectivity index is 1.78. The highest BCUT2D eigenvalue weighted by Crippen LogP contribution is 2.28. The molecule has 5 heteroatoms. The second kappa shape index (κ2) is 8.72. The van der Waals surface area contributed by atoms with Crippen molar-refractivity contribution in [3.8, 4) is 11.5 Å². The minimum Gasteiger partial charge on any atom is -0.493 e. The Labute approximate surface area is 154 Å². The summed E-state index contributed by atoms with van der Waals surface area (Å²) in [6.45, 7) is 3.01. The number of nitrogens with zero attached hydrogens (tertiary/aromatic N) is 1. The van der Waals surface area contributed by atoms with Gasteiger partial charge in [-0.15, -0.1) is 0 Å². The number of ether oxygens (including phenoxy) is 2. The fourth-order valence-electron chi connectivity index (χ4n) is 3.36. The van der Waals surface area contributed by atoms with Crippen molar-refractivity contribution in [3.05, 3.63) is 59.7 Å². The Kier molecular flexibility index (Phi) is 6.12. The van der Waals surface area contributed by atoms with Crippen LogP contribution < -0.4 is 14.8 Å². The third-order valence-electron chi connectivity index (χ3n) is 4.79. The zero-order valence-electron chi connectivity index (χ0n) is 15.4. The first-order valence-corrected chi connectivity index (χ1v) is 9.01. The molecule has 0 spiro atoms. The number of carbonyl (C=O) groups excluding carboxylic acids is 1. The van der Waals surface area contributed by atoms with Crippen molar-refractivity contribution in [2.45, 2.75) is 18.9 Å². The molecule has 138 valence electrons. The van der Waals surface area contributed by atoms with Crippen LogP contribution in [0.25, 0.3) is 0 Å². The highest BCUT2D eigenvalue weighted by Gasteiger charge is 2.21. The lowest BCUT2D eigenvalue weighted by Crippen LogP contribution is -2.37. The minimum absolute atomic E-state index is 0.0464. The summed E-state index contributed by atoms with van der Waals surface area (Å²) in [7, 11) is 3.15. The molecular weight excluding hydrogens is 328 g/mol. The maximum Gasteiger partial charge on any atom is 0.251 e. The Hall–Kier alpha value is -2.53. The van der Waals surface area contributed by atoms with E-state index in [1.165, 1.54) is 12.8 Å². The molecule has 1 unspecified atom stereocenters. The van der Waals surface area contributed by atoms with E-state index in [0.717, 1.165) is 25.2 Å². The van der Waals surface area contributed by atoms with Crippen LogP contribution >= 0.6 is 0 Å². The number of nitrogens with one attached hydrogen (secondary N) is 1. The highest BCUT2D eigenvalue weighted by atomic mass is 16.5. The molecule has 2 aromatic rings.